The van der Waals surface area contributed by atoms with E-state index in [4.69, 9.17) is 19.1 Å². The molecule has 0 radical (unpaired) electrons. The van der Waals surface area contributed by atoms with Gasteiger partial charge in [0.2, 0.25) is 0 Å². The molecule has 0 aliphatic heterocycles. The third-order valence-electron chi connectivity index (χ3n) is 8.42. The molecule has 0 saturated heterocycles. The van der Waals surface area contributed by atoms with E-state index in [1.165, 1.54) is 38.5 Å². The standard InChI is InChI=1S/C48H77O10P/c1-3-5-7-9-11-13-15-17-19-21-22-24-25-27-29-31-33-35-37-39-47(51)55-43-46(44-57-59(53,54)56-42-45(50)41-49)58-48(52)40-38-36-34-32-30-28-26-23-20-18-16-14-12-10-8-6-4-2/h5,7,11,13,17-20,22,24,26-29,32-35,45-46,49-50H,3-4,6,8-10,12,14-16,21,23,25,30-31,36-44H2,1-2H3,(H,53,54)/b7-5-,13-11-,19-17-,20-18-,24-22-,28-26-,29-27-,34-32-,35-33-/t45-,46+/m0/s1. The van der Waals surface area contributed by atoms with Crippen LogP contribution in [0.3, 0.4) is 0 Å². The van der Waals surface area contributed by atoms with Crippen molar-refractivity contribution >= 4 is 19.8 Å². The van der Waals surface area contributed by atoms with Gasteiger partial charge in [0.1, 0.15) is 12.7 Å². The van der Waals surface area contributed by atoms with Gasteiger partial charge in [0.05, 0.1) is 19.8 Å². The molecule has 334 valence electrons. The van der Waals surface area contributed by atoms with Gasteiger partial charge in [-0.3, -0.25) is 18.6 Å². The smallest absolute Gasteiger partial charge is 0.462 e. The molecule has 0 amide bonds. The number of aliphatic hydroxyl groups is 2. The average molecular weight is 845 g/mol. The summed E-state index contributed by atoms with van der Waals surface area (Å²) in [4.78, 5) is 34.9. The summed E-state index contributed by atoms with van der Waals surface area (Å²) in [6.45, 7) is 2.09. The van der Waals surface area contributed by atoms with Gasteiger partial charge in [0, 0.05) is 12.8 Å². The first kappa shape index (κ1) is 55.6. The van der Waals surface area contributed by atoms with Crippen LogP contribution in [0.15, 0.2) is 109 Å². The molecule has 0 rings (SSSR count). The van der Waals surface area contributed by atoms with E-state index in [1.807, 2.05) is 24.3 Å². The number of carbonyl (C=O) groups excluding carboxylic acids is 2. The normalized spacial score (nSPS) is 14.9. The van der Waals surface area contributed by atoms with Crippen LogP contribution in [0.1, 0.15) is 142 Å². The molecule has 3 atom stereocenters. The van der Waals surface area contributed by atoms with Gasteiger partial charge < -0.3 is 24.6 Å². The second kappa shape index (κ2) is 42.7. The number of hydrogen-bond donors (Lipinski definition) is 3. The fourth-order valence-electron chi connectivity index (χ4n) is 5.09. The Morgan fingerprint density at radius 2 is 0.966 bits per heavy atom. The van der Waals surface area contributed by atoms with Crippen molar-refractivity contribution in [2.24, 2.45) is 0 Å². The van der Waals surface area contributed by atoms with Gasteiger partial charge in [-0.15, -0.1) is 0 Å². The molecule has 0 aromatic carbocycles. The van der Waals surface area contributed by atoms with Crippen molar-refractivity contribution in [3.05, 3.63) is 109 Å². The first-order valence-electron chi connectivity index (χ1n) is 21.8. The van der Waals surface area contributed by atoms with E-state index in [0.29, 0.717) is 19.3 Å². The molecule has 3 N–H and O–H groups in total. The van der Waals surface area contributed by atoms with Gasteiger partial charge in [0.15, 0.2) is 6.10 Å². The predicted octanol–water partition coefficient (Wildman–Crippen LogP) is 11.8. The highest BCUT2D eigenvalue weighted by molar-refractivity contribution is 7.47. The molecule has 0 saturated carbocycles. The molecule has 0 aromatic heterocycles. The van der Waals surface area contributed by atoms with Crippen LogP contribution in [-0.4, -0.2) is 65.7 Å². The lowest BCUT2D eigenvalue weighted by molar-refractivity contribution is -0.161. The number of allylic oxidation sites excluding steroid dienone is 18. The van der Waals surface area contributed by atoms with Crippen LogP contribution in [0, 0.1) is 0 Å². The third-order valence-corrected chi connectivity index (χ3v) is 9.38. The number of aliphatic hydroxyl groups excluding tert-OH is 2. The average Bonchev–Trinajstić information content (AvgIpc) is 3.22. The topological polar surface area (TPSA) is 149 Å². The number of hydrogen-bond acceptors (Lipinski definition) is 9. The zero-order valence-electron chi connectivity index (χ0n) is 36.2. The monoisotopic (exact) mass is 845 g/mol. The van der Waals surface area contributed by atoms with E-state index < -0.39 is 51.8 Å². The summed E-state index contributed by atoms with van der Waals surface area (Å²) in [5.74, 6) is -1.10. The van der Waals surface area contributed by atoms with Crippen molar-refractivity contribution in [1.29, 1.82) is 0 Å². The molecule has 0 aliphatic rings. The van der Waals surface area contributed by atoms with Gasteiger partial charge in [-0.25, -0.2) is 4.57 Å². The van der Waals surface area contributed by atoms with Gasteiger partial charge in [-0.1, -0.05) is 155 Å². The molecule has 0 fully saturated rings. The Morgan fingerprint density at radius 3 is 1.47 bits per heavy atom. The molecule has 0 heterocycles. The second-order valence-corrected chi connectivity index (χ2v) is 15.4. The van der Waals surface area contributed by atoms with Crippen molar-refractivity contribution < 1.29 is 47.8 Å². The van der Waals surface area contributed by atoms with Crippen LogP contribution < -0.4 is 0 Å². The molecular weight excluding hydrogens is 767 g/mol. The largest absolute Gasteiger partial charge is 0.472 e. The quantitative estimate of drug-likeness (QED) is 0.0236. The maximum absolute atomic E-state index is 12.6. The number of esters is 2. The zero-order chi connectivity index (χ0) is 43.3. The molecular formula is C48H77O10P. The van der Waals surface area contributed by atoms with Crippen LogP contribution in [0.2, 0.25) is 0 Å². The summed E-state index contributed by atoms with van der Waals surface area (Å²) in [5, 5.41) is 18.3. The van der Waals surface area contributed by atoms with E-state index in [2.05, 4.69) is 103 Å². The summed E-state index contributed by atoms with van der Waals surface area (Å²) in [6.07, 6.45) is 53.6. The fraction of sp³-hybridized carbons (Fsp3) is 0.583. The first-order chi connectivity index (χ1) is 28.7. The van der Waals surface area contributed by atoms with Gasteiger partial charge in [-0.05, 0) is 83.5 Å². The Hall–Kier alpha value is -3.37. The Balaban J connectivity index is 4.52. The van der Waals surface area contributed by atoms with Crippen LogP contribution in [0.25, 0.3) is 0 Å². The molecule has 10 nitrogen and oxygen atoms in total. The van der Waals surface area contributed by atoms with E-state index >= 15 is 0 Å². The summed E-state index contributed by atoms with van der Waals surface area (Å²) >= 11 is 0. The lowest BCUT2D eigenvalue weighted by atomic mass is 10.1. The maximum atomic E-state index is 12.6. The number of unbranched alkanes of at least 4 members (excludes halogenated alkanes) is 7. The molecule has 0 spiro atoms. The lowest BCUT2D eigenvalue weighted by Crippen LogP contribution is -2.29. The highest BCUT2D eigenvalue weighted by Gasteiger charge is 2.27. The third kappa shape index (κ3) is 42.6. The summed E-state index contributed by atoms with van der Waals surface area (Å²) in [7, 11) is -4.66. The minimum atomic E-state index is -4.66. The van der Waals surface area contributed by atoms with Gasteiger partial charge in [0.25, 0.3) is 0 Å². The molecule has 0 bridgehead atoms. The molecule has 0 aromatic rings. The van der Waals surface area contributed by atoms with E-state index in [0.717, 1.165) is 57.8 Å². The minimum Gasteiger partial charge on any atom is -0.462 e. The molecule has 1 unspecified atom stereocenters. The Bertz CT molecular complexity index is 1340. The van der Waals surface area contributed by atoms with Crippen LogP contribution >= 0.6 is 7.82 Å². The van der Waals surface area contributed by atoms with E-state index in [9.17, 15) is 24.2 Å². The van der Waals surface area contributed by atoms with E-state index in [-0.39, 0.29) is 19.4 Å². The number of ether oxygens (including phenoxy) is 2. The van der Waals surface area contributed by atoms with Crippen molar-refractivity contribution in [3.63, 3.8) is 0 Å². The Morgan fingerprint density at radius 1 is 0.525 bits per heavy atom. The Kier molecular flexibility index (Phi) is 40.3. The summed E-state index contributed by atoms with van der Waals surface area (Å²) < 4.78 is 32.6. The number of carbonyl (C=O) groups is 2. The van der Waals surface area contributed by atoms with Crippen LogP contribution in [-0.2, 0) is 32.7 Å². The highest BCUT2D eigenvalue weighted by atomic mass is 31.2. The van der Waals surface area contributed by atoms with Crippen molar-refractivity contribution in [1.82, 2.24) is 0 Å². The lowest BCUT2D eigenvalue weighted by Gasteiger charge is -2.20. The second-order valence-electron chi connectivity index (χ2n) is 14.0. The predicted molar refractivity (Wildman–Crippen MR) is 242 cm³/mol. The summed E-state index contributed by atoms with van der Waals surface area (Å²) in [5.41, 5.74) is 0. The minimum absolute atomic E-state index is 0.0900. The van der Waals surface area contributed by atoms with Gasteiger partial charge in [-0.2, -0.15) is 0 Å². The van der Waals surface area contributed by atoms with E-state index in [1.54, 1.807) is 0 Å². The fourth-order valence-corrected chi connectivity index (χ4v) is 5.88. The van der Waals surface area contributed by atoms with Crippen molar-refractivity contribution in [2.45, 2.75) is 154 Å². The molecule has 11 heteroatoms. The number of phosphoric ester groups is 1. The number of phosphoric acid groups is 1. The highest BCUT2D eigenvalue weighted by Crippen LogP contribution is 2.43. The Labute approximate surface area is 356 Å². The summed E-state index contributed by atoms with van der Waals surface area (Å²) in [6, 6.07) is 0. The van der Waals surface area contributed by atoms with Crippen molar-refractivity contribution in [3.8, 4) is 0 Å². The van der Waals surface area contributed by atoms with Crippen LogP contribution in [0.5, 0.6) is 0 Å². The maximum Gasteiger partial charge on any atom is 0.472 e. The SMILES string of the molecule is CC/C=C\C/C=C\C/C=C\C/C=C\C/C=C\C/C=C\CCC(=O)OC[C@H](COP(=O)(O)OC[C@@H](O)CO)OC(=O)CCC/C=C\C/C=C\C/C=C\CCCCCCCC. The zero-order valence-corrected chi connectivity index (χ0v) is 37.1. The van der Waals surface area contributed by atoms with Gasteiger partial charge >= 0.3 is 19.8 Å². The van der Waals surface area contributed by atoms with Crippen LogP contribution in [0.4, 0.5) is 0 Å². The molecule has 59 heavy (non-hydrogen) atoms. The molecule has 0 aliphatic carbocycles. The first-order valence-corrected chi connectivity index (χ1v) is 23.3. The number of rotatable bonds is 39. The van der Waals surface area contributed by atoms with Crippen molar-refractivity contribution in [2.75, 3.05) is 26.4 Å².